The van der Waals surface area contributed by atoms with Crippen LogP contribution in [0.25, 0.3) is 27.8 Å². The van der Waals surface area contributed by atoms with Gasteiger partial charge in [-0.3, -0.25) is 10.1 Å². The fraction of sp³-hybridized carbons (Fsp3) is 0. The van der Waals surface area contributed by atoms with Gasteiger partial charge in [-0.25, -0.2) is 4.68 Å². The Hall–Kier alpha value is -3.99. The Morgan fingerprint density at radius 1 is 0.893 bits per heavy atom. The predicted octanol–water partition coefficient (Wildman–Crippen LogP) is 5.17. The highest BCUT2D eigenvalue weighted by Crippen LogP contribution is 2.24. The molecule has 5 aromatic rings. The van der Waals surface area contributed by atoms with Gasteiger partial charge in [0.15, 0.2) is 0 Å². The number of H-pyrrole nitrogens is 1. The van der Waals surface area contributed by atoms with E-state index in [0.29, 0.717) is 0 Å². The van der Waals surface area contributed by atoms with E-state index in [4.69, 9.17) is 5.10 Å². The Balaban J connectivity index is 1.57. The first-order valence-electron chi connectivity index (χ1n) is 9.04. The summed E-state index contributed by atoms with van der Waals surface area (Å²) >= 11 is 0. The van der Waals surface area contributed by atoms with Gasteiger partial charge in [0.25, 0.3) is 0 Å². The van der Waals surface area contributed by atoms with Gasteiger partial charge < -0.3 is 0 Å². The van der Waals surface area contributed by atoms with Crippen LogP contribution in [0.4, 0.5) is 5.69 Å². The SMILES string of the molecule is C(=Nc1ccc2cn[nH]c2c1)c1cn(-c2ccccc2)nc1-c1ccccc1. The van der Waals surface area contributed by atoms with Crippen LogP contribution in [0, 0.1) is 0 Å². The smallest absolute Gasteiger partial charge is 0.101 e. The molecule has 134 valence electrons. The lowest BCUT2D eigenvalue weighted by atomic mass is 10.1. The van der Waals surface area contributed by atoms with E-state index >= 15 is 0 Å². The van der Waals surface area contributed by atoms with E-state index < -0.39 is 0 Å². The Morgan fingerprint density at radius 2 is 1.68 bits per heavy atom. The molecule has 5 rings (SSSR count). The highest BCUT2D eigenvalue weighted by molar-refractivity contribution is 5.91. The van der Waals surface area contributed by atoms with Gasteiger partial charge in [-0.15, -0.1) is 0 Å². The van der Waals surface area contributed by atoms with Crippen LogP contribution >= 0.6 is 0 Å². The maximum atomic E-state index is 4.81. The zero-order chi connectivity index (χ0) is 18.8. The van der Waals surface area contributed by atoms with Gasteiger partial charge in [-0.2, -0.15) is 10.2 Å². The lowest BCUT2D eigenvalue weighted by Gasteiger charge is -2.00. The molecule has 0 aliphatic carbocycles. The molecular formula is C23H17N5. The highest BCUT2D eigenvalue weighted by Gasteiger charge is 2.10. The average Bonchev–Trinajstić information content (AvgIpc) is 3.40. The summed E-state index contributed by atoms with van der Waals surface area (Å²) in [6.45, 7) is 0. The molecule has 0 aliphatic heterocycles. The third kappa shape index (κ3) is 3.10. The number of benzene rings is 3. The van der Waals surface area contributed by atoms with Gasteiger partial charge >= 0.3 is 0 Å². The summed E-state index contributed by atoms with van der Waals surface area (Å²) in [4.78, 5) is 4.67. The van der Waals surface area contributed by atoms with E-state index in [1.165, 1.54) is 0 Å². The standard InChI is InChI=1S/C23H17N5/c1-3-7-17(8-4-1)23-19(16-28(27-23)21-9-5-2-6-10-21)14-24-20-12-11-18-15-25-26-22(18)13-20/h1-16H,(H,25,26). The molecule has 1 N–H and O–H groups in total. The zero-order valence-corrected chi connectivity index (χ0v) is 15.0. The van der Waals surface area contributed by atoms with Crippen molar-refractivity contribution >= 4 is 22.8 Å². The van der Waals surface area contributed by atoms with Crippen molar-refractivity contribution in [1.82, 2.24) is 20.0 Å². The van der Waals surface area contributed by atoms with Crippen LogP contribution in [0.2, 0.25) is 0 Å². The first-order chi connectivity index (χ1) is 13.9. The number of rotatable bonds is 4. The minimum atomic E-state index is 0.864. The number of hydrogen-bond acceptors (Lipinski definition) is 3. The molecular weight excluding hydrogens is 346 g/mol. The molecule has 0 atom stereocenters. The van der Waals surface area contributed by atoms with Crippen LogP contribution in [0.15, 0.2) is 96.2 Å². The van der Waals surface area contributed by atoms with Crippen LogP contribution in [-0.4, -0.2) is 26.2 Å². The van der Waals surface area contributed by atoms with Crippen molar-refractivity contribution < 1.29 is 0 Å². The monoisotopic (exact) mass is 363 g/mol. The number of nitrogens with one attached hydrogen (secondary N) is 1. The topological polar surface area (TPSA) is 58.9 Å². The zero-order valence-electron chi connectivity index (χ0n) is 15.0. The molecule has 3 aromatic carbocycles. The average molecular weight is 363 g/mol. The quantitative estimate of drug-likeness (QED) is 0.448. The molecule has 0 unspecified atom stereocenters. The number of aliphatic imine (C=N–C) groups is 1. The number of nitrogens with zero attached hydrogens (tertiary/aromatic N) is 4. The normalized spacial score (nSPS) is 11.4. The largest absolute Gasteiger partial charge is 0.278 e. The Morgan fingerprint density at radius 3 is 2.50 bits per heavy atom. The Bertz CT molecular complexity index is 1250. The molecule has 0 bridgehead atoms. The van der Waals surface area contributed by atoms with Gasteiger partial charge in [0.1, 0.15) is 5.69 Å². The third-order valence-electron chi connectivity index (χ3n) is 4.59. The second-order valence-electron chi connectivity index (χ2n) is 6.48. The van der Waals surface area contributed by atoms with Gasteiger partial charge in [0.2, 0.25) is 0 Å². The van der Waals surface area contributed by atoms with Crippen molar-refractivity contribution in [2.75, 3.05) is 0 Å². The van der Waals surface area contributed by atoms with Gasteiger partial charge in [-0.05, 0) is 30.3 Å². The number of hydrogen-bond donors (Lipinski definition) is 1. The maximum absolute atomic E-state index is 4.81. The fourth-order valence-electron chi connectivity index (χ4n) is 3.16. The van der Waals surface area contributed by atoms with E-state index in [-0.39, 0.29) is 0 Å². The van der Waals surface area contributed by atoms with Crippen LogP contribution in [0.1, 0.15) is 5.56 Å². The van der Waals surface area contributed by atoms with E-state index in [1.54, 1.807) is 6.20 Å². The predicted molar refractivity (Wildman–Crippen MR) is 112 cm³/mol. The van der Waals surface area contributed by atoms with Crippen molar-refractivity contribution in [3.05, 3.63) is 96.8 Å². The summed E-state index contributed by atoms with van der Waals surface area (Å²) in [7, 11) is 0. The number of aromatic nitrogens is 4. The van der Waals surface area contributed by atoms with Crippen molar-refractivity contribution in [3.63, 3.8) is 0 Å². The highest BCUT2D eigenvalue weighted by atomic mass is 15.3. The van der Waals surface area contributed by atoms with Gasteiger partial charge in [-0.1, -0.05) is 48.5 Å². The van der Waals surface area contributed by atoms with Gasteiger partial charge in [0.05, 0.1) is 23.1 Å². The maximum Gasteiger partial charge on any atom is 0.101 e. The molecule has 5 heteroatoms. The molecule has 0 saturated heterocycles. The molecule has 28 heavy (non-hydrogen) atoms. The van der Waals surface area contributed by atoms with E-state index in [1.807, 2.05) is 83.8 Å². The number of para-hydroxylation sites is 1. The second-order valence-corrected chi connectivity index (χ2v) is 6.48. The van der Waals surface area contributed by atoms with Crippen molar-refractivity contribution in [2.45, 2.75) is 0 Å². The molecule has 0 aliphatic rings. The van der Waals surface area contributed by atoms with Crippen molar-refractivity contribution in [1.29, 1.82) is 0 Å². The lowest BCUT2D eigenvalue weighted by molar-refractivity contribution is 0.884. The van der Waals surface area contributed by atoms with Gasteiger partial charge in [0, 0.05) is 28.9 Å². The van der Waals surface area contributed by atoms with Crippen molar-refractivity contribution in [3.8, 4) is 16.9 Å². The molecule has 0 amide bonds. The van der Waals surface area contributed by atoms with Crippen molar-refractivity contribution in [2.24, 2.45) is 4.99 Å². The van der Waals surface area contributed by atoms with Crippen LogP contribution < -0.4 is 0 Å². The minimum absolute atomic E-state index is 0.864. The molecule has 0 radical (unpaired) electrons. The molecule has 0 saturated carbocycles. The summed E-state index contributed by atoms with van der Waals surface area (Å²) in [6, 6.07) is 26.2. The fourth-order valence-corrected chi connectivity index (χ4v) is 3.16. The Labute approximate surface area is 162 Å². The molecule has 0 spiro atoms. The number of fused-ring (bicyclic) bond motifs is 1. The van der Waals surface area contributed by atoms with E-state index in [2.05, 4.69) is 27.3 Å². The Kier molecular flexibility index (Phi) is 4.03. The summed E-state index contributed by atoms with van der Waals surface area (Å²) < 4.78 is 1.89. The first kappa shape index (κ1) is 16.2. The first-order valence-corrected chi connectivity index (χ1v) is 9.04. The van der Waals surface area contributed by atoms with E-state index in [0.717, 1.165) is 39.1 Å². The molecule has 0 fully saturated rings. The summed E-state index contributed by atoms with van der Waals surface area (Å²) in [5.41, 5.74) is 5.76. The second kappa shape index (κ2) is 6.96. The van der Waals surface area contributed by atoms with Crippen LogP contribution in [0.3, 0.4) is 0 Å². The third-order valence-corrected chi connectivity index (χ3v) is 4.59. The minimum Gasteiger partial charge on any atom is -0.278 e. The summed E-state index contributed by atoms with van der Waals surface area (Å²) in [6.07, 6.45) is 5.68. The molecule has 2 aromatic heterocycles. The van der Waals surface area contributed by atoms with Crippen LogP contribution in [-0.2, 0) is 0 Å². The lowest BCUT2D eigenvalue weighted by Crippen LogP contribution is -1.93. The van der Waals surface area contributed by atoms with Crippen LogP contribution in [0.5, 0.6) is 0 Å². The summed E-state index contributed by atoms with van der Waals surface area (Å²) in [5, 5.41) is 12.9. The molecule has 2 heterocycles. The summed E-state index contributed by atoms with van der Waals surface area (Å²) in [5.74, 6) is 0. The van der Waals surface area contributed by atoms with E-state index in [9.17, 15) is 0 Å². The number of aromatic amines is 1. The molecule has 5 nitrogen and oxygen atoms in total.